The summed E-state index contributed by atoms with van der Waals surface area (Å²) in [6, 6.07) is 5.44. The summed E-state index contributed by atoms with van der Waals surface area (Å²) in [5.41, 5.74) is 6.03. The van der Waals surface area contributed by atoms with E-state index in [0.717, 1.165) is 0 Å². The van der Waals surface area contributed by atoms with Gasteiger partial charge in [-0.2, -0.15) is 0 Å². The Labute approximate surface area is 108 Å². The van der Waals surface area contributed by atoms with E-state index < -0.39 is 17.6 Å². The molecular formula is C14H11NO4. The highest BCUT2D eigenvalue weighted by atomic mass is 16.4. The number of benzene rings is 1. The molecule has 0 bridgehead atoms. The molecule has 1 atom stereocenters. The van der Waals surface area contributed by atoms with Crippen LogP contribution in [0.3, 0.4) is 0 Å². The van der Waals surface area contributed by atoms with E-state index >= 15 is 0 Å². The third-order valence-corrected chi connectivity index (χ3v) is 3.16. The van der Waals surface area contributed by atoms with Crippen LogP contribution in [0.1, 0.15) is 50.8 Å². The molecule has 1 heterocycles. The SMILES string of the molecule is CC(N)c1cc2c(o1)C(=O)c1cccc(O)c1C2=O. The van der Waals surface area contributed by atoms with Crippen LogP contribution in [0.5, 0.6) is 5.75 Å². The fraction of sp³-hybridized carbons (Fsp3) is 0.143. The van der Waals surface area contributed by atoms with E-state index in [1.807, 2.05) is 0 Å². The predicted octanol–water partition coefficient (Wildman–Crippen LogP) is 1.78. The summed E-state index contributed by atoms with van der Waals surface area (Å²) in [6.45, 7) is 1.70. The lowest BCUT2D eigenvalue weighted by molar-refractivity contribution is 0.0957. The minimum absolute atomic E-state index is 0.00426. The maximum atomic E-state index is 12.3. The number of carbonyl (C=O) groups is 2. The van der Waals surface area contributed by atoms with Gasteiger partial charge in [0, 0.05) is 5.56 Å². The van der Waals surface area contributed by atoms with Crippen molar-refractivity contribution in [2.24, 2.45) is 5.73 Å². The van der Waals surface area contributed by atoms with Crippen molar-refractivity contribution in [3.63, 3.8) is 0 Å². The van der Waals surface area contributed by atoms with Gasteiger partial charge in [-0.05, 0) is 25.1 Å². The van der Waals surface area contributed by atoms with Crippen molar-refractivity contribution >= 4 is 11.6 Å². The van der Waals surface area contributed by atoms with Gasteiger partial charge in [0.2, 0.25) is 11.6 Å². The Balaban J connectivity index is 2.27. The Morgan fingerprint density at radius 1 is 1.21 bits per heavy atom. The van der Waals surface area contributed by atoms with Crippen LogP contribution in [0.25, 0.3) is 0 Å². The van der Waals surface area contributed by atoms with E-state index in [-0.39, 0.29) is 28.2 Å². The molecule has 0 fully saturated rings. The molecule has 0 saturated heterocycles. The van der Waals surface area contributed by atoms with Crippen LogP contribution < -0.4 is 5.73 Å². The Bertz CT molecular complexity index is 712. The van der Waals surface area contributed by atoms with Crippen LogP contribution in [0.15, 0.2) is 28.7 Å². The van der Waals surface area contributed by atoms with Crippen LogP contribution in [0.4, 0.5) is 0 Å². The van der Waals surface area contributed by atoms with Crippen molar-refractivity contribution in [1.82, 2.24) is 0 Å². The first kappa shape index (κ1) is 11.7. The molecule has 5 nitrogen and oxygen atoms in total. The standard InChI is InChI=1S/C14H11NO4/c1-6(15)10-5-8-12(17)11-7(3-2-4-9(11)16)13(18)14(8)19-10/h2-6,16H,15H2,1H3. The highest BCUT2D eigenvalue weighted by Gasteiger charge is 2.35. The molecule has 0 amide bonds. The molecule has 19 heavy (non-hydrogen) atoms. The van der Waals surface area contributed by atoms with E-state index in [0.29, 0.717) is 5.76 Å². The molecule has 0 radical (unpaired) electrons. The van der Waals surface area contributed by atoms with Gasteiger partial charge >= 0.3 is 0 Å². The third kappa shape index (κ3) is 1.52. The molecule has 5 heteroatoms. The molecule has 1 aromatic heterocycles. The van der Waals surface area contributed by atoms with Gasteiger partial charge in [0.15, 0.2) is 5.76 Å². The summed E-state index contributed by atoms with van der Waals surface area (Å²) in [4.78, 5) is 24.5. The number of hydrogen-bond donors (Lipinski definition) is 2. The van der Waals surface area contributed by atoms with Crippen LogP contribution >= 0.6 is 0 Å². The first-order valence-electron chi connectivity index (χ1n) is 5.81. The minimum atomic E-state index is -0.418. The number of hydrogen-bond acceptors (Lipinski definition) is 5. The summed E-state index contributed by atoms with van der Waals surface area (Å²) in [7, 11) is 0. The first-order chi connectivity index (χ1) is 9.00. The number of aromatic hydroxyl groups is 1. The Hall–Kier alpha value is -2.40. The third-order valence-electron chi connectivity index (χ3n) is 3.16. The van der Waals surface area contributed by atoms with Gasteiger partial charge in [-0.1, -0.05) is 6.07 Å². The summed E-state index contributed by atoms with van der Waals surface area (Å²) in [5, 5.41) is 9.76. The monoisotopic (exact) mass is 257 g/mol. The van der Waals surface area contributed by atoms with Gasteiger partial charge in [-0.3, -0.25) is 9.59 Å². The molecule has 3 rings (SSSR count). The van der Waals surface area contributed by atoms with Crippen LogP contribution in [-0.2, 0) is 0 Å². The minimum Gasteiger partial charge on any atom is -0.507 e. The normalized spacial score (nSPS) is 15.1. The van der Waals surface area contributed by atoms with Gasteiger partial charge in [0.05, 0.1) is 17.2 Å². The van der Waals surface area contributed by atoms with Crippen LogP contribution in [0.2, 0.25) is 0 Å². The number of phenolic OH excluding ortho intramolecular Hbond substituents is 1. The fourth-order valence-electron chi connectivity index (χ4n) is 2.20. The summed E-state index contributed by atoms with van der Waals surface area (Å²) in [6.07, 6.45) is 0. The second kappa shape index (κ2) is 3.80. The van der Waals surface area contributed by atoms with Gasteiger partial charge in [-0.25, -0.2) is 0 Å². The number of phenols is 1. The topological polar surface area (TPSA) is 93.5 Å². The van der Waals surface area contributed by atoms with Crippen LogP contribution in [-0.4, -0.2) is 16.7 Å². The highest BCUT2D eigenvalue weighted by Crippen LogP contribution is 2.34. The Morgan fingerprint density at radius 2 is 1.95 bits per heavy atom. The number of nitrogens with two attached hydrogens (primary N) is 1. The maximum Gasteiger partial charge on any atom is 0.229 e. The van der Waals surface area contributed by atoms with E-state index in [9.17, 15) is 14.7 Å². The molecule has 1 aliphatic carbocycles. The lowest BCUT2D eigenvalue weighted by Crippen LogP contribution is -2.19. The van der Waals surface area contributed by atoms with E-state index in [4.69, 9.17) is 10.2 Å². The van der Waals surface area contributed by atoms with Crippen molar-refractivity contribution in [3.8, 4) is 5.75 Å². The molecule has 0 saturated carbocycles. The van der Waals surface area contributed by atoms with Crippen molar-refractivity contribution in [1.29, 1.82) is 0 Å². The van der Waals surface area contributed by atoms with E-state index in [1.165, 1.54) is 24.3 Å². The van der Waals surface area contributed by atoms with Crippen LogP contribution in [0, 0.1) is 0 Å². The first-order valence-corrected chi connectivity index (χ1v) is 5.81. The van der Waals surface area contributed by atoms with Gasteiger partial charge in [0.25, 0.3) is 0 Å². The zero-order valence-corrected chi connectivity index (χ0v) is 10.1. The summed E-state index contributed by atoms with van der Waals surface area (Å²) in [5.74, 6) is -0.662. The lowest BCUT2D eigenvalue weighted by atomic mass is 9.88. The number of furan rings is 1. The molecule has 0 aliphatic heterocycles. The second-order valence-electron chi connectivity index (χ2n) is 4.54. The Kier molecular flexibility index (Phi) is 2.33. The number of rotatable bonds is 1. The molecule has 1 aromatic carbocycles. The molecule has 1 aliphatic rings. The summed E-state index contributed by atoms with van der Waals surface area (Å²) >= 11 is 0. The molecule has 96 valence electrons. The fourth-order valence-corrected chi connectivity index (χ4v) is 2.20. The molecule has 0 spiro atoms. The summed E-state index contributed by atoms with van der Waals surface area (Å²) < 4.78 is 5.37. The predicted molar refractivity (Wildman–Crippen MR) is 66.3 cm³/mol. The van der Waals surface area contributed by atoms with Crippen molar-refractivity contribution in [2.75, 3.05) is 0 Å². The van der Waals surface area contributed by atoms with E-state index in [2.05, 4.69) is 0 Å². The molecule has 3 N–H and O–H groups in total. The van der Waals surface area contributed by atoms with Gasteiger partial charge < -0.3 is 15.3 Å². The average molecular weight is 257 g/mol. The van der Waals surface area contributed by atoms with Gasteiger partial charge in [-0.15, -0.1) is 0 Å². The maximum absolute atomic E-state index is 12.3. The zero-order valence-electron chi connectivity index (χ0n) is 10.1. The van der Waals surface area contributed by atoms with Crippen molar-refractivity contribution in [2.45, 2.75) is 13.0 Å². The van der Waals surface area contributed by atoms with Crippen molar-refractivity contribution in [3.05, 3.63) is 52.5 Å². The highest BCUT2D eigenvalue weighted by molar-refractivity contribution is 6.28. The largest absolute Gasteiger partial charge is 0.507 e. The van der Waals surface area contributed by atoms with E-state index in [1.54, 1.807) is 6.92 Å². The van der Waals surface area contributed by atoms with Gasteiger partial charge in [0.1, 0.15) is 11.5 Å². The van der Waals surface area contributed by atoms with Crippen molar-refractivity contribution < 1.29 is 19.1 Å². The molecule has 2 aromatic rings. The number of fused-ring (bicyclic) bond motifs is 2. The molecule has 1 unspecified atom stereocenters. The quantitative estimate of drug-likeness (QED) is 0.693. The second-order valence-corrected chi connectivity index (χ2v) is 4.54. The zero-order chi connectivity index (χ0) is 13.7. The average Bonchev–Trinajstić information content (AvgIpc) is 2.81. The smallest absolute Gasteiger partial charge is 0.229 e. The lowest BCUT2D eigenvalue weighted by Gasteiger charge is -2.13. The Morgan fingerprint density at radius 3 is 2.63 bits per heavy atom. The molecular weight excluding hydrogens is 246 g/mol. The number of carbonyl (C=O) groups excluding carboxylic acids is 2. The number of ketones is 2.